The monoisotopic (exact) mass is 235 g/mol. The lowest BCUT2D eigenvalue weighted by molar-refractivity contribution is -0.0629. The normalized spacial score (nSPS) is 36.4. The topological polar surface area (TPSA) is 35.2 Å². The summed E-state index contributed by atoms with van der Waals surface area (Å²) in [6, 6.07) is 0.315. The van der Waals surface area contributed by atoms with Gasteiger partial charge < -0.3 is 10.5 Å². The van der Waals surface area contributed by atoms with Crippen molar-refractivity contribution in [3.8, 4) is 0 Å². The standard InChI is InChI=1S/C15H25NO/c16-13-5-4-12(10-13)11-14-6-9-15(17-14)7-2-1-3-8-15/h10,13-14H,1-9,11,16H2. The smallest absolute Gasteiger partial charge is 0.0687 e. The molecule has 1 saturated carbocycles. The summed E-state index contributed by atoms with van der Waals surface area (Å²) >= 11 is 0. The third kappa shape index (κ3) is 2.58. The number of rotatable bonds is 2. The van der Waals surface area contributed by atoms with Gasteiger partial charge in [0.25, 0.3) is 0 Å². The van der Waals surface area contributed by atoms with E-state index in [1.54, 1.807) is 5.57 Å². The molecular weight excluding hydrogens is 210 g/mol. The molecule has 2 unspecified atom stereocenters. The molecule has 2 nitrogen and oxygen atoms in total. The van der Waals surface area contributed by atoms with Gasteiger partial charge in [0.15, 0.2) is 0 Å². The minimum Gasteiger partial charge on any atom is -0.371 e. The van der Waals surface area contributed by atoms with Crippen molar-refractivity contribution < 1.29 is 4.74 Å². The van der Waals surface area contributed by atoms with Crippen molar-refractivity contribution in [1.82, 2.24) is 0 Å². The first-order chi connectivity index (χ1) is 8.26. The van der Waals surface area contributed by atoms with E-state index in [0.29, 0.717) is 12.1 Å². The molecule has 3 rings (SSSR count). The molecule has 0 bridgehead atoms. The first kappa shape index (κ1) is 11.7. The molecule has 2 aliphatic carbocycles. The summed E-state index contributed by atoms with van der Waals surface area (Å²) < 4.78 is 6.41. The molecule has 96 valence electrons. The van der Waals surface area contributed by atoms with E-state index in [0.717, 1.165) is 12.8 Å². The van der Waals surface area contributed by atoms with Crippen molar-refractivity contribution in [3.63, 3.8) is 0 Å². The lowest BCUT2D eigenvalue weighted by Crippen LogP contribution is -2.31. The van der Waals surface area contributed by atoms with Crippen LogP contribution >= 0.6 is 0 Å². The summed E-state index contributed by atoms with van der Waals surface area (Å²) in [4.78, 5) is 0. The van der Waals surface area contributed by atoms with E-state index >= 15 is 0 Å². The van der Waals surface area contributed by atoms with Gasteiger partial charge in [-0.15, -0.1) is 0 Å². The molecular formula is C15H25NO. The minimum atomic E-state index is 0.282. The molecule has 3 aliphatic rings. The average Bonchev–Trinajstić information content (AvgIpc) is 2.89. The van der Waals surface area contributed by atoms with Crippen molar-refractivity contribution >= 4 is 0 Å². The van der Waals surface area contributed by atoms with E-state index < -0.39 is 0 Å². The molecule has 2 heteroatoms. The second kappa shape index (κ2) is 4.74. The summed E-state index contributed by atoms with van der Waals surface area (Å²) in [6.45, 7) is 0. The van der Waals surface area contributed by atoms with Crippen LogP contribution < -0.4 is 5.73 Å². The molecule has 2 atom stereocenters. The van der Waals surface area contributed by atoms with E-state index in [2.05, 4.69) is 6.08 Å². The van der Waals surface area contributed by atoms with Crippen molar-refractivity contribution in [2.24, 2.45) is 5.73 Å². The lowest BCUT2D eigenvalue weighted by atomic mass is 9.83. The largest absolute Gasteiger partial charge is 0.371 e. The Kier molecular flexibility index (Phi) is 3.27. The van der Waals surface area contributed by atoms with Crippen LogP contribution in [-0.4, -0.2) is 17.7 Å². The predicted molar refractivity (Wildman–Crippen MR) is 69.8 cm³/mol. The molecule has 1 spiro atoms. The van der Waals surface area contributed by atoms with Crippen LogP contribution in [0, 0.1) is 0 Å². The quantitative estimate of drug-likeness (QED) is 0.745. The molecule has 2 fully saturated rings. The number of ether oxygens (including phenoxy) is 1. The number of hydrogen-bond donors (Lipinski definition) is 1. The van der Waals surface area contributed by atoms with E-state index in [4.69, 9.17) is 10.5 Å². The predicted octanol–water partition coefficient (Wildman–Crippen LogP) is 3.31. The molecule has 0 radical (unpaired) electrons. The number of nitrogens with two attached hydrogens (primary N) is 1. The minimum absolute atomic E-state index is 0.282. The molecule has 0 aromatic rings. The molecule has 1 aliphatic heterocycles. The summed E-state index contributed by atoms with van der Waals surface area (Å²) in [5.74, 6) is 0. The summed E-state index contributed by atoms with van der Waals surface area (Å²) in [5.41, 5.74) is 7.75. The highest BCUT2D eigenvalue weighted by atomic mass is 16.5. The Morgan fingerprint density at radius 1 is 1.18 bits per heavy atom. The molecule has 0 aromatic heterocycles. The van der Waals surface area contributed by atoms with Crippen molar-refractivity contribution in [1.29, 1.82) is 0 Å². The van der Waals surface area contributed by atoms with Gasteiger partial charge in [0.1, 0.15) is 0 Å². The van der Waals surface area contributed by atoms with Crippen LogP contribution in [0.15, 0.2) is 11.6 Å². The molecule has 0 amide bonds. The Hall–Kier alpha value is -0.340. The maximum atomic E-state index is 6.41. The van der Waals surface area contributed by atoms with Gasteiger partial charge in [-0.2, -0.15) is 0 Å². The number of hydrogen-bond acceptors (Lipinski definition) is 2. The Morgan fingerprint density at radius 3 is 2.71 bits per heavy atom. The zero-order chi connectivity index (χ0) is 11.7. The fraction of sp³-hybridized carbons (Fsp3) is 0.867. The van der Waals surface area contributed by atoms with Crippen LogP contribution in [0.5, 0.6) is 0 Å². The highest BCUT2D eigenvalue weighted by Crippen LogP contribution is 2.43. The second-order valence-electron chi connectivity index (χ2n) is 6.25. The Bertz CT molecular complexity index is 304. The Morgan fingerprint density at radius 2 is 2.00 bits per heavy atom. The van der Waals surface area contributed by atoms with Gasteiger partial charge in [0.05, 0.1) is 11.7 Å². The molecule has 1 heterocycles. The zero-order valence-corrected chi connectivity index (χ0v) is 10.8. The van der Waals surface area contributed by atoms with Crippen LogP contribution in [0.2, 0.25) is 0 Å². The lowest BCUT2D eigenvalue weighted by Gasteiger charge is -2.33. The summed E-state index contributed by atoms with van der Waals surface area (Å²) in [7, 11) is 0. The van der Waals surface area contributed by atoms with E-state index in [-0.39, 0.29) is 5.60 Å². The van der Waals surface area contributed by atoms with Crippen molar-refractivity contribution in [3.05, 3.63) is 11.6 Å². The van der Waals surface area contributed by atoms with Gasteiger partial charge in [-0.25, -0.2) is 0 Å². The van der Waals surface area contributed by atoms with Gasteiger partial charge >= 0.3 is 0 Å². The maximum Gasteiger partial charge on any atom is 0.0687 e. The van der Waals surface area contributed by atoms with Crippen LogP contribution in [0.4, 0.5) is 0 Å². The third-order valence-corrected chi connectivity index (χ3v) is 4.84. The average molecular weight is 235 g/mol. The fourth-order valence-corrected chi connectivity index (χ4v) is 3.89. The van der Waals surface area contributed by atoms with Crippen LogP contribution in [0.1, 0.15) is 64.2 Å². The highest BCUT2D eigenvalue weighted by Gasteiger charge is 2.40. The van der Waals surface area contributed by atoms with E-state index in [1.807, 2.05) is 0 Å². The van der Waals surface area contributed by atoms with Gasteiger partial charge in [0.2, 0.25) is 0 Å². The van der Waals surface area contributed by atoms with E-state index in [1.165, 1.54) is 51.4 Å². The van der Waals surface area contributed by atoms with Crippen LogP contribution in [0.25, 0.3) is 0 Å². The van der Waals surface area contributed by atoms with Crippen molar-refractivity contribution in [2.45, 2.75) is 82.0 Å². The van der Waals surface area contributed by atoms with Crippen molar-refractivity contribution in [2.75, 3.05) is 0 Å². The van der Waals surface area contributed by atoms with Gasteiger partial charge in [0, 0.05) is 6.04 Å². The fourth-order valence-electron chi connectivity index (χ4n) is 3.89. The van der Waals surface area contributed by atoms with E-state index in [9.17, 15) is 0 Å². The van der Waals surface area contributed by atoms with Gasteiger partial charge in [-0.05, 0) is 44.9 Å². The maximum absolute atomic E-state index is 6.41. The molecule has 1 saturated heterocycles. The zero-order valence-electron chi connectivity index (χ0n) is 10.8. The highest BCUT2D eigenvalue weighted by molar-refractivity contribution is 5.14. The molecule has 17 heavy (non-hydrogen) atoms. The summed E-state index contributed by atoms with van der Waals surface area (Å²) in [5, 5.41) is 0. The Labute approximate surface area is 105 Å². The molecule has 2 N–H and O–H groups in total. The Balaban J connectivity index is 1.55. The van der Waals surface area contributed by atoms with Gasteiger partial charge in [-0.1, -0.05) is 30.9 Å². The first-order valence-corrected chi connectivity index (χ1v) is 7.39. The first-order valence-electron chi connectivity index (χ1n) is 7.39. The summed E-state index contributed by atoms with van der Waals surface area (Å²) in [6.07, 6.45) is 15.6. The van der Waals surface area contributed by atoms with Gasteiger partial charge in [-0.3, -0.25) is 0 Å². The third-order valence-electron chi connectivity index (χ3n) is 4.84. The second-order valence-corrected chi connectivity index (χ2v) is 6.25. The van der Waals surface area contributed by atoms with Crippen LogP contribution in [-0.2, 0) is 4.74 Å². The molecule has 0 aromatic carbocycles. The van der Waals surface area contributed by atoms with Crippen LogP contribution in [0.3, 0.4) is 0 Å². The SMILES string of the molecule is NC1C=C(CC2CCC3(CCCCC3)O2)CC1.